The smallest absolute Gasteiger partial charge is 0.191 e. The Morgan fingerprint density at radius 1 is 1.20 bits per heavy atom. The second kappa shape index (κ2) is 10.3. The molecule has 6 nitrogen and oxygen atoms in total. The number of rotatable bonds is 9. The summed E-state index contributed by atoms with van der Waals surface area (Å²) in [6.07, 6.45) is 5.04. The van der Waals surface area contributed by atoms with E-state index in [4.69, 9.17) is 9.73 Å². The molecule has 2 rings (SSSR count). The van der Waals surface area contributed by atoms with Crippen LogP contribution in [0.15, 0.2) is 4.99 Å². The Labute approximate surface area is 154 Å². The fourth-order valence-electron chi connectivity index (χ4n) is 3.71. The lowest BCUT2D eigenvalue weighted by Crippen LogP contribution is -2.52. The first-order valence-electron chi connectivity index (χ1n) is 10.0. The van der Waals surface area contributed by atoms with Gasteiger partial charge in [0.2, 0.25) is 0 Å². The average molecular weight is 354 g/mol. The third-order valence-corrected chi connectivity index (χ3v) is 5.89. The van der Waals surface area contributed by atoms with Crippen molar-refractivity contribution < 1.29 is 4.74 Å². The summed E-state index contributed by atoms with van der Waals surface area (Å²) < 4.78 is 5.29. The van der Waals surface area contributed by atoms with Crippen LogP contribution in [0.3, 0.4) is 0 Å². The first kappa shape index (κ1) is 20.5. The summed E-state index contributed by atoms with van der Waals surface area (Å²) >= 11 is 0. The highest BCUT2D eigenvalue weighted by atomic mass is 16.5. The van der Waals surface area contributed by atoms with Gasteiger partial charge in [0.05, 0.1) is 0 Å². The number of methoxy groups -OCH3 is 1. The van der Waals surface area contributed by atoms with Gasteiger partial charge in [-0.1, -0.05) is 6.42 Å². The van der Waals surface area contributed by atoms with Crippen LogP contribution in [-0.2, 0) is 4.74 Å². The Hall–Kier alpha value is -0.850. The summed E-state index contributed by atoms with van der Waals surface area (Å²) in [5.74, 6) is 0.965. The fraction of sp³-hybridized carbons (Fsp3) is 0.947. The van der Waals surface area contributed by atoms with E-state index in [0.29, 0.717) is 11.5 Å². The molecule has 1 unspecified atom stereocenters. The van der Waals surface area contributed by atoms with Crippen LogP contribution in [0, 0.1) is 5.41 Å². The van der Waals surface area contributed by atoms with Crippen LogP contribution in [0.1, 0.15) is 39.5 Å². The standard InChI is InChI=1S/C19H39N5O/c1-5-20-18(22-16-19(7-6-8-19)9-14-25-4)21-15-17(2)24-12-10-23(3)11-13-24/h17H,5-16H2,1-4H3,(H2,20,21,22). The van der Waals surface area contributed by atoms with Crippen LogP contribution < -0.4 is 10.6 Å². The maximum absolute atomic E-state index is 5.29. The van der Waals surface area contributed by atoms with Crippen molar-refractivity contribution in [3.63, 3.8) is 0 Å². The van der Waals surface area contributed by atoms with Crippen LogP contribution in [-0.4, -0.2) is 88.4 Å². The van der Waals surface area contributed by atoms with Gasteiger partial charge in [-0.15, -0.1) is 0 Å². The Morgan fingerprint density at radius 2 is 1.92 bits per heavy atom. The Balaban J connectivity index is 1.80. The van der Waals surface area contributed by atoms with Gasteiger partial charge in [0.1, 0.15) is 0 Å². The Kier molecular flexibility index (Phi) is 8.46. The van der Waals surface area contributed by atoms with E-state index < -0.39 is 0 Å². The number of nitrogens with one attached hydrogen (secondary N) is 2. The summed E-state index contributed by atoms with van der Waals surface area (Å²) in [5.41, 5.74) is 0.376. The van der Waals surface area contributed by atoms with Crippen LogP contribution in [0.25, 0.3) is 0 Å². The Morgan fingerprint density at radius 3 is 2.48 bits per heavy atom. The van der Waals surface area contributed by atoms with E-state index in [1.165, 1.54) is 32.4 Å². The summed E-state index contributed by atoms with van der Waals surface area (Å²) in [6, 6.07) is 0.531. The van der Waals surface area contributed by atoms with Crippen molar-refractivity contribution in [2.24, 2.45) is 10.4 Å². The molecule has 0 aromatic heterocycles. The number of aliphatic imine (C=N–C) groups is 1. The molecule has 1 aliphatic carbocycles. The van der Waals surface area contributed by atoms with Crippen molar-refractivity contribution in [3.05, 3.63) is 0 Å². The highest BCUT2D eigenvalue weighted by Gasteiger charge is 2.36. The van der Waals surface area contributed by atoms with Crippen molar-refractivity contribution in [2.45, 2.75) is 45.6 Å². The molecule has 1 aliphatic heterocycles. The van der Waals surface area contributed by atoms with Gasteiger partial charge in [-0.25, -0.2) is 0 Å². The van der Waals surface area contributed by atoms with Crippen molar-refractivity contribution in [3.8, 4) is 0 Å². The number of likely N-dealkylation sites (N-methyl/N-ethyl adjacent to an activating group) is 1. The quantitative estimate of drug-likeness (QED) is 0.485. The van der Waals surface area contributed by atoms with Gasteiger partial charge in [-0.05, 0) is 45.6 Å². The maximum atomic E-state index is 5.29. The van der Waals surface area contributed by atoms with E-state index in [0.717, 1.165) is 51.7 Å². The maximum Gasteiger partial charge on any atom is 0.191 e. The first-order valence-corrected chi connectivity index (χ1v) is 10.0. The molecule has 0 aromatic rings. The predicted octanol–water partition coefficient (Wildman–Crippen LogP) is 1.38. The summed E-state index contributed by atoms with van der Waals surface area (Å²) in [6.45, 7) is 12.7. The van der Waals surface area contributed by atoms with E-state index >= 15 is 0 Å². The number of ether oxygens (including phenoxy) is 1. The Bertz CT molecular complexity index is 403. The molecule has 0 spiro atoms. The van der Waals surface area contributed by atoms with Crippen molar-refractivity contribution in [1.29, 1.82) is 0 Å². The minimum Gasteiger partial charge on any atom is -0.385 e. The third-order valence-electron chi connectivity index (χ3n) is 5.89. The summed E-state index contributed by atoms with van der Waals surface area (Å²) in [4.78, 5) is 9.88. The molecule has 2 aliphatic rings. The number of hydrogen-bond acceptors (Lipinski definition) is 4. The summed E-state index contributed by atoms with van der Waals surface area (Å²) in [5, 5.41) is 6.96. The molecular formula is C19H39N5O. The van der Waals surface area contributed by atoms with E-state index in [9.17, 15) is 0 Å². The normalized spacial score (nSPS) is 23.1. The van der Waals surface area contributed by atoms with Crippen LogP contribution >= 0.6 is 0 Å². The van der Waals surface area contributed by atoms with E-state index in [1.807, 2.05) is 0 Å². The zero-order valence-electron chi connectivity index (χ0n) is 16.8. The minimum atomic E-state index is 0.376. The summed E-state index contributed by atoms with van der Waals surface area (Å²) in [7, 11) is 4.00. The molecular weight excluding hydrogens is 314 g/mol. The van der Waals surface area contributed by atoms with E-state index in [2.05, 4.69) is 41.3 Å². The highest BCUT2D eigenvalue weighted by Crippen LogP contribution is 2.44. The zero-order valence-corrected chi connectivity index (χ0v) is 16.8. The molecule has 6 heteroatoms. The molecule has 1 saturated carbocycles. The monoisotopic (exact) mass is 353 g/mol. The molecule has 1 heterocycles. The number of nitrogens with zero attached hydrogens (tertiary/aromatic N) is 3. The molecule has 1 atom stereocenters. The number of piperazine rings is 1. The molecule has 2 fully saturated rings. The van der Waals surface area contributed by atoms with Gasteiger partial charge in [0.25, 0.3) is 0 Å². The lowest BCUT2D eigenvalue weighted by molar-refractivity contribution is 0.0778. The van der Waals surface area contributed by atoms with Crippen molar-refractivity contribution >= 4 is 5.96 Å². The molecule has 2 N–H and O–H groups in total. The predicted molar refractivity (Wildman–Crippen MR) is 105 cm³/mol. The largest absolute Gasteiger partial charge is 0.385 e. The second-order valence-corrected chi connectivity index (χ2v) is 7.86. The van der Waals surface area contributed by atoms with Gasteiger partial charge < -0.3 is 20.3 Å². The molecule has 146 valence electrons. The van der Waals surface area contributed by atoms with Gasteiger partial charge in [0, 0.05) is 65.6 Å². The number of hydrogen-bond donors (Lipinski definition) is 2. The highest BCUT2D eigenvalue weighted by molar-refractivity contribution is 5.79. The fourth-order valence-corrected chi connectivity index (χ4v) is 3.71. The molecule has 0 amide bonds. The molecule has 1 saturated heterocycles. The minimum absolute atomic E-state index is 0.376. The van der Waals surface area contributed by atoms with Gasteiger partial charge in [-0.3, -0.25) is 9.89 Å². The number of guanidine groups is 1. The van der Waals surface area contributed by atoms with Crippen molar-refractivity contribution in [2.75, 3.05) is 66.6 Å². The molecule has 0 aromatic carbocycles. The van der Waals surface area contributed by atoms with Gasteiger partial charge >= 0.3 is 0 Å². The van der Waals surface area contributed by atoms with E-state index in [1.54, 1.807) is 7.11 Å². The van der Waals surface area contributed by atoms with Crippen molar-refractivity contribution in [1.82, 2.24) is 20.4 Å². The molecule has 25 heavy (non-hydrogen) atoms. The van der Waals surface area contributed by atoms with Gasteiger partial charge in [0.15, 0.2) is 5.96 Å². The topological polar surface area (TPSA) is 52.1 Å². The lowest BCUT2D eigenvalue weighted by atomic mass is 9.67. The third kappa shape index (κ3) is 6.42. The van der Waals surface area contributed by atoms with Crippen LogP contribution in [0.4, 0.5) is 0 Å². The van der Waals surface area contributed by atoms with Crippen LogP contribution in [0.2, 0.25) is 0 Å². The van der Waals surface area contributed by atoms with Gasteiger partial charge in [-0.2, -0.15) is 0 Å². The average Bonchev–Trinajstić information content (AvgIpc) is 2.58. The van der Waals surface area contributed by atoms with E-state index in [-0.39, 0.29) is 0 Å². The molecule has 0 radical (unpaired) electrons. The second-order valence-electron chi connectivity index (χ2n) is 7.86. The zero-order chi connectivity index (χ0) is 18.1. The SMILES string of the molecule is CCNC(=NCC1(CCOC)CCC1)NCC(C)N1CCN(C)CC1. The first-order chi connectivity index (χ1) is 12.1. The molecule has 0 bridgehead atoms. The van der Waals surface area contributed by atoms with Crippen LogP contribution in [0.5, 0.6) is 0 Å². The lowest BCUT2D eigenvalue weighted by Gasteiger charge is -2.41.